The molecule has 1 N–H and O–H groups in total. The van der Waals surface area contributed by atoms with Crippen LogP contribution in [0, 0.1) is 23.0 Å². The Balaban J connectivity index is 1.92. The van der Waals surface area contributed by atoms with Gasteiger partial charge in [-0.3, -0.25) is 4.72 Å². The second-order valence-electron chi connectivity index (χ2n) is 5.51. The summed E-state index contributed by atoms with van der Waals surface area (Å²) in [6, 6.07) is 11.3. The van der Waals surface area contributed by atoms with Crippen LogP contribution >= 0.6 is 23.2 Å². The first-order valence-electron chi connectivity index (χ1n) is 7.56. The van der Waals surface area contributed by atoms with Crippen molar-refractivity contribution in [3.8, 4) is 17.3 Å². The molecule has 2 aromatic carbocycles. The van der Waals surface area contributed by atoms with Crippen molar-refractivity contribution in [1.29, 1.82) is 5.26 Å². The molecule has 0 atom stereocenters. The zero-order valence-electron chi connectivity index (χ0n) is 13.7. The topological polar surface area (TPSA) is 82.8 Å². The van der Waals surface area contributed by atoms with Gasteiger partial charge in [0.05, 0.1) is 26.3 Å². The van der Waals surface area contributed by atoms with E-state index in [9.17, 15) is 17.2 Å². The van der Waals surface area contributed by atoms with Crippen LogP contribution in [0.3, 0.4) is 0 Å². The van der Waals surface area contributed by atoms with Crippen LogP contribution in [0.4, 0.5) is 14.5 Å². The first-order chi connectivity index (χ1) is 13.2. The quantitative estimate of drug-likeness (QED) is 0.619. The molecule has 0 spiro atoms. The highest BCUT2D eigenvalue weighted by molar-refractivity contribution is 7.92. The van der Waals surface area contributed by atoms with Gasteiger partial charge >= 0.3 is 0 Å². The zero-order chi connectivity index (χ0) is 20.5. The lowest BCUT2D eigenvalue weighted by Crippen LogP contribution is -2.13. The average molecular weight is 440 g/mol. The van der Waals surface area contributed by atoms with E-state index in [2.05, 4.69) is 9.71 Å². The van der Waals surface area contributed by atoms with E-state index in [1.54, 1.807) is 6.07 Å². The second-order valence-corrected chi connectivity index (χ2v) is 8.01. The maximum absolute atomic E-state index is 13.4. The summed E-state index contributed by atoms with van der Waals surface area (Å²) in [6.07, 6.45) is 0. The van der Waals surface area contributed by atoms with Crippen LogP contribution in [0.5, 0.6) is 0 Å². The number of hydrogen-bond acceptors (Lipinski definition) is 4. The first kappa shape index (κ1) is 20.0. The third-order valence-electron chi connectivity index (χ3n) is 3.65. The molecule has 28 heavy (non-hydrogen) atoms. The zero-order valence-corrected chi connectivity index (χ0v) is 16.1. The maximum atomic E-state index is 13.4. The largest absolute Gasteiger partial charge is 0.280 e. The summed E-state index contributed by atoms with van der Waals surface area (Å²) < 4.78 is 53.8. The van der Waals surface area contributed by atoms with Crippen molar-refractivity contribution in [2.45, 2.75) is 4.90 Å². The SMILES string of the molecule is N#Cc1nc(-c2ccc(NS(=O)(=O)c3ccc(F)c(Cl)c3)cc2Cl)ccc1F. The molecule has 0 aliphatic heterocycles. The van der Waals surface area contributed by atoms with Crippen molar-refractivity contribution in [3.63, 3.8) is 0 Å². The third kappa shape index (κ3) is 4.07. The molecule has 3 aromatic rings. The lowest BCUT2D eigenvalue weighted by atomic mass is 10.1. The first-order valence-corrected chi connectivity index (χ1v) is 9.79. The van der Waals surface area contributed by atoms with Crippen LogP contribution in [0.2, 0.25) is 10.0 Å². The molecule has 0 saturated carbocycles. The Hall–Kier alpha value is -2.73. The number of nitriles is 1. The van der Waals surface area contributed by atoms with Crippen molar-refractivity contribution >= 4 is 38.9 Å². The standard InChI is InChI=1S/C18H9Cl2F2N3O2S/c19-13-7-10(25-28(26,27)11-2-4-15(21)14(20)8-11)1-3-12(13)17-6-5-16(22)18(9-23)24-17/h1-8,25H. The molecule has 0 saturated heterocycles. The number of rotatable bonds is 4. The lowest BCUT2D eigenvalue weighted by Gasteiger charge is -2.11. The summed E-state index contributed by atoms with van der Waals surface area (Å²) in [4.78, 5) is 3.66. The fraction of sp³-hybridized carbons (Fsp3) is 0. The Morgan fingerprint density at radius 2 is 1.68 bits per heavy atom. The van der Waals surface area contributed by atoms with Crippen molar-refractivity contribution in [2.75, 3.05) is 4.72 Å². The molecule has 0 fully saturated rings. The van der Waals surface area contributed by atoms with E-state index in [-0.39, 0.29) is 32.0 Å². The van der Waals surface area contributed by atoms with Gasteiger partial charge in [0.1, 0.15) is 11.9 Å². The van der Waals surface area contributed by atoms with Crippen LogP contribution in [-0.2, 0) is 10.0 Å². The average Bonchev–Trinajstić information content (AvgIpc) is 2.64. The van der Waals surface area contributed by atoms with Crippen molar-refractivity contribution in [3.05, 3.63) is 75.9 Å². The molecule has 142 valence electrons. The Labute approximate surface area is 169 Å². The van der Waals surface area contributed by atoms with E-state index >= 15 is 0 Å². The van der Waals surface area contributed by atoms with Gasteiger partial charge in [0.15, 0.2) is 11.5 Å². The van der Waals surface area contributed by atoms with Crippen molar-refractivity contribution in [1.82, 2.24) is 4.98 Å². The Morgan fingerprint density at radius 1 is 0.964 bits per heavy atom. The minimum Gasteiger partial charge on any atom is -0.280 e. The monoisotopic (exact) mass is 439 g/mol. The molecule has 0 aliphatic carbocycles. The molecular formula is C18H9Cl2F2N3O2S. The summed E-state index contributed by atoms with van der Waals surface area (Å²) in [7, 11) is -4.03. The second kappa shape index (κ2) is 7.72. The van der Waals surface area contributed by atoms with Crippen LogP contribution in [0.1, 0.15) is 5.69 Å². The molecule has 0 radical (unpaired) electrons. The smallest absolute Gasteiger partial charge is 0.261 e. The summed E-state index contributed by atoms with van der Waals surface area (Å²) >= 11 is 11.8. The number of aromatic nitrogens is 1. The molecule has 1 heterocycles. The number of hydrogen-bond donors (Lipinski definition) is 1. The van der Waals surface area contributed by atoms with Crippen molar-refractivity contribution < 1.29 is 17.2 Å². The Kier molecular flexibility index (Phi) is 5.52. The number of halogens is 4. The highest BCUT2D eigenvalue weighted by atomic mass is 35.5. The highest BCUT2D eigenvalue weighted by Crippen LogP contribution is 2.31. The molecule has 3 rings (SSSR count). The Morgan fingerprint density at radius 3 is 2.32 bits per heavy atom. The summed E-state index contributed by atoms with van der Waals surface area (Å²) in [5.74, 6) is -1.50. The van der Waals surface area contributed by atoms with Gasteiger partial charge in [-0.25, -0.2) is 22.2 Å². The molecular weight excluding hydrogens is 431 g/mol. The van der Waals surface area contributed by atoms with Gasteiger partial charge in [-0.1, -0.05) is 23.2 Å². The van der Waals surface area contributed by atoms with Crippen LogP contribution in [0.15, 0.2) is 53.4 Å². The summed E-state index contributed by atoms with van der Waals surface area (Å²) in [5.41, 5.74) is 0.386. The van der Waals surface area contributed by atoms with Gasteiger partial charge in [0.2, 0.25) is 0 Å². The van der Waals surface area contributed by atoms with Gasteiger partial charge in [-0.05, 0) is 48.5 Å². The fourth-order valence-electron chi connectivity index (χ4n) is 2.31. The van der Waals surface area contributed by atoms with Gasteiger partial charge in [0, 0.05) is 5.56 Å². The van der Waals surface area contributed by atoms with Gasteiger partial charge in [-0.2, -0.15) is 5.26 Å². The highest BCUT2D eigenvalue weighted by Gasteiger charge is 2.17. The minimum atomic E-state index is -4.03. The minimum absolute atomic E-state index is 0.125. The molecule has 10 heteroatoms. The van der Waals surface area contributed by atoms with E-state index < -0.39 is 21.7 Å². The van der Waals surface area contributed by atoms with E-state index in [1.807, 2.05) is 0 Å². The number of benzene rings is 2. The van der Waals surface area contributed by atoms with E-state index in [0.29, 0.717) is 5.56 Å². The van der Waals surface area contributed by atoms with Crippen LogP contribution in [-0.4, -0.2) is 13.4 Å². The number of pyridine rings is 1. The fourth-order valence-corrected chi connectivity index (χ4v) is 3.91. The molecule has 0 unspecified atom stereocenters. The summed E-state index contributed by atoms with van der Waals surface area (Å²) in [5, 5.41) is 8.68. The molecule has 0 bridgehead atoms. The summed E-state index contributed by atoms with van der Waals surface area (Å²) in [6.45, 7) is 0. The normalized spacial score (nSPS) is 11.1. The lowest BCUT2D eigenvalue weighted by molar-refractivity contribution is 0.599. The van der Waals surface area contributed by atoms with E-state index in [0.717, 1.165) is 24.3 Å². The molecule has 1 aromatic heterocycles. The van der Waals surface area contributed by atoms with E-state index in [4.69, 9.17) is 28.5 Å². The molecule has 0 amide bonds. The van der Waals surface area contributed by atoms with Gasteiger partial charge in [0.25, 0.3) is 10.0 Å². The maximum Gasteiger partial charge on any atom is 0.261 e. The van der Waals surface area contributed by atoms with E-state index in [1.165, 1.54) is 24.3 Å². The van der Waals surface area contributed by atoms with Crippen LogP contribution in [0.25, 0.3) is 11.3 Å². The van der Waals surface area contributed by atoms with Crippen LogP contribution < -0.4 is 4.72 Å². The molecule has 0 aliphatic rings. The number of nitrogens with one attached hydrogen (secondary N) is 1. The number of nitrogens with zero attached hydrogens (tertiary/aromatic N) is 2. The predicted octanol–water partition coefficient (Wildman–Crippen LogP) is 5.01. The number of anilines is 1. The predicted molar refractivity (Wildman–Crippen MR) is 102 cm³/mol. The Bertz CT molecular complexity index is 1230. The third-order valence-corrected chi connectivity index (χ3v) is 5.63. The van der Waals surface area contributed by atoms with Gasteiger partial charge in [-0.15, -0.1) is 0 Å². The van der Waals surface area contributed by atoms with Crippen molar-refractivity contribution in [2.24, 2.45) is 0 Å². The number of sulfonamides is 1. The molecule has 5 nitrogen and oxygen atoms in total. The van der Waals surface area contributed by atoms with Gasteiger partial charge < -0.3 is 0 Å².